The lowest BCUT2D eigenvalue weighted by Gasteiger charge is -2.07. The first-order chi connectivity index (χ1) is 8.28. The number of hydrogen-bond donors (Lipinski definition) is 3. The lowest BCUT2D eigenvalue weighted by Crippen LogP contribution is -2.34. The third kappa shape index (κ3) is 4.17. The van der Waals surface area contributed by atoms with Crippen LogP contribution in [0, 0.1) is 0 Å². The zero-order chi connectivity index (χ0) is 12.1. The molecule has 1 amide bonds. The number of benzene rings is 1. The van der Waals surface area contributed by atoms with Crippen molar-refractivity contribution in [3.05, 3.63) is 35.4 Å². The van der Waals surface area contributed by atoms with Crippen LogP contribution >= 0.6 is 0 Å². The van der Waals surface area contributed by atoms with Gasteiger partial charge in [0, 0.05) is 12.6 Å². The summed E-state index contributed by atoms with van der Waals surface area (Å²) in [5.74, 6) is 0.0197. The lowest BCUT2D eigenvalue weighted by atomic mass is 10.1. The van der Waals surface area contributed by atoms with E-state index in [1.165, 1.54) is 12.8 Å². The summed E-state index contributed by atoms with van der Waals surface area (Å²) in [6, 6.07) is 8.14. The van der Waals surface area contributed by atoms with E-state index in [9.17, 15) is 4.79 Å². The monoisotopic (exact) mass is 234 g/mol. The minimum absolute atomic E-state index is 0.0197. The van der Waals surface area contributed by atoms with Crippen molar-refractivity contribution in [3.8, 4) is 0 Å². The molecule has 1 aromatic rings. The predicted molar refractivity (Wildman–Crippen MR) is 65.2 cm³/mol. The van der Waals surface area contributed by atoms with Gasteiger partial charge >= 0.3 is 0 Å². The fourth-order valence-electron chi connectivity index (χ4n) is 1.63. The maximum Gasteiger partial charge on any atom is 0.234 e. The standard InChI is InChI=1S/C13H18N2O2/c16-9-11-3-1-2-10(6-11)7-15-13(17)8-14-12-4-5-12/h1-3,6,12,14,16H,4-5,7-9H2,(H,15,17). The molecule has 0 atom stereocenters. The molecule has 3 N–H and O–H groups in total. The van der Waals surface area contributed by atoms with Gasteiger partial charge in [0.1, 0.15) is 0 Å². The Labute approximate surface area is 101 Å². The summed E-state index contributed by atoms with van der Waals surface area (Å²) < 4.78 is 0. The number of carbonyl (C=O) groups is 1. The fourth-order valence-corrected chi connectivity index (χ4v) is 1.63. The summed E-state index contributed by atoms with van der Waals surface area (Å²) in [4.78, 5) is 11.5. The van der Waals surface area contributed by atoms with E-state index in [1.54, 1.807) is 0 Å². The normalized spacial score (nSPS) is 14.6. The van der Waals surface area contributed by atoms with Gasteiger partial charge in [-0.3, -0.25) is 4.79 Å². The minimum atomic E-state index is 0.0197. The molecule has 2 rings (SSSR count). The Balaban J connectivity index is 1.73. The van der Waals surface area contributed by atoms with Gasteiger partial charge in [0.2, 0.25) is 5.91 Å². The van der Waals surface area contributed by atoms with E-state index in [1.807, 2.05) is 24.3 Å². The van der Waals surface area contributed by atoms with Crippen LogP contribution < -0.4 is 10.6 Å². The van der Waals surface area contributed by atoms with Gasteiger partial charge in [0.05, 0.1) is 13.2 Å². The topological polar surface area (TPSA) is 61.4 Å². The van der Waals surface area contributed by atoms with Crippen molar-refractivity contribution in [2.24, 2.45) is 0 Å². The molecule has 92 valence electrons. The fraction of sp³-hybridized carbons (Fsp3) is 0.462. The molecule has 17 heavy (non-hydrogen) atoms. The predicted octanol–water partition coefficient (Wildman–Crippen LogP) is 0.547. The van der Waals surface area contributed by atoms with Gasteiger partial charge in [-0.15, -0.1) is 0 Å². The summed E-state index contributed by atoms with van der Waals surface area (Å²) >= 11 is 0. The Morgan fingerprint density at radius 2 is 2.12 bits per heavy atom. The van der Waals surface area contributed by atoms with Crippen LogP contribution in [0.1, 0.15) is 24.0 Å². The Bertz CT molecular complexity index is 389. The Hall–Kier alpha value is -1.39. The molecule has 1 aliphatic carbocycles. The zero-order valence-electron chi connectivity index (χ0n) is 9.78. The van der Waals surface area contributed by atoms with Crippen molar-refractivity contribution >= 4 is 5.91 Å². The molecule has 4 nitrogen and oxygen atoms in total. The van der Waals surface area contributed by atoms with E-state index in [2.05, 4.69) is 10.6 Å². The smallest absolute Gasteiger partial charge is 0.234 e. The summed E-state index contributed by atoms with van der Waals surface area (Å²) in [7, 11) is 0. The van der Waals surface area contributed by atoms with Crippen molar-refractivity contribution in [3.63, 3.8) is 0 Å². The summed E-state index contributed by atoms with van der Waals surface area (Å²) in [5, 5.41) is 15.0. The van der Waals surface area contributed by atoms with Crippen molar-refractivity contribution in [1.82, 2.24) is 10.6 Å². The quantitative estimate of drug-likeness (QED) is 0.673. The van der Waals surface area contributed by atoms with Crippen LogP contribution in [-0.4, -0.2) is 23.6 Å². The van der Waals surface area contributed by atoms with Gasteiger partial charge in [0.15, 0.2) is 0 Å². The third-order valence-electron chi connectivity index (χ3n) is 2.79. The Kier molecular flexibility index (Phi) is 4.12. The molecule has 0 bridgehead atoms. The van der Waals surface area contributed by atoms with Crippen LogP contribution in [0.5, 0.6) is 0 Å². The molecule has 0 aliphatic heterocycles. The van der Waals surface area contributed by atoms with Crippen molar-refractivity contribution in [2.45, 2.75) is 32.0 Å². The molecule has 1 saturated carbocycles. The highest BCUT2D eigenvalue weighted by molar-refractivity contribution is 5.78. The molecule has 0 radical (unpaired) electrons. The van der Waals surface area contributed by atoms with Gasteiger partial charge in [-0.25, -0.2) is 0 Å². The highest BCUT2D eigenvalue weighted by atomic mass is 16.3. The third-order valence-corrected chi connectivity index (χ3v) is 2.79. The lowest BCUT2D eigenvalue weighted by molar-refractivity contribution is -0.120. The molecule has 1 aliphatic rings. The molecular weight excluding hydrogens is 216 g/mol. The minimum Gasteiger partial charge on any atom is -0.392 e. The van der Waals surface area contributed by atoms with Crippen molar-refractivity contribution in [2.75, 3.05) is 6.54 Å². The van der Waals surface area contributed by atoms with Crippen LogP contribution in [0.25, 0.3) is 0 Å². The number of aliphatic hydroxyl groups excluding tert-OH is 1. The molecule has 0 unspecified atom stereocenters. The van der Waals surface area contributed by atoms with E-state index in [0.717, 1.165) is 11.1 Å². The first kappa shape index (κ1) is 12.1. The second-order valence-electron chi connectivity index (χ2n) is 4.41. The highest BCUT2D eigenvalue weighted by Crippen LogP contribution is 2.17. The summed E-state index contributed by atoms with van der Waals surface area (Å²) in [6.45, 7) is 0.939. The van der Waals surface area contributed by atoms with Crippen LogP contribution in [0.3, 0.4) is 0 Å². The van der Waals surface area contributed by atoms with E-state index in [-0.39, 0.29) is 12.5 Å². The molecule has 0 aromatic heterocycles. The molecule has 0 saturated heterocycles. The number of hydrogen-bond acceptors (Lipinski definition) is 3. The van der Waals surface area contributed by atoms with Gasteiger partial charge in [0.25, 0.3) is 0 Å². The van der Waals surface area contributed by atoms with Gasteiger partial charge in [-0.2, -0.15) is 0 Å². The van der Waals surface area contributed by atoms with E-state index in [0.29, 0.717) is 19.1 Å². The Morgan fingerprint density at radius 1 is 1.35 bits per heavy atom. The van der Waals surface area contributed by atoms with Crippen molar-refractivity contribution < 1.29 is 9.90 Å². The number of aliphatic hydroxyl groups is 1. The van der Waals surface area contributed by atoms with Crippen LogP contribution in [0.15, 0.2) is 24.3 Å². The second-order valence-corrected chi connectivity index (χ2v) is 4.41. The second kappa shape index (κ2) is 5.80. The number of nitrogens with one attached hydrogen (secondary N) is 2. The zero-order valence-corrected chi connectivity index (χ0v) is 9.78. The van der Waals surface area contributed by atoms with Crippen LogP contribution in [0.2, 0.25) is 0 Å². The van der Waals surface area contributed by atoms with Crippen LogP contribution in [0.4, 0.5) is 0 Å². The van der Waals surface area contributed by atoms with Gasteiger partial charge < -0.3 is 15.7 Å². The molecule has 1 fully saturated rings. The van der Waals surface area contributed by atoms with Crippen molar-refractivity contribution in [1.29, 1.82) is 0 Å². The first-order valence-corrected chi connectivity index (χ1v) is 5.96. The van der Waals surface area contributed by atoms with E-state index < -0.39 is 0 Å². The largest absolute Gasteiger partial charge is 0.392 e. The van der Waals surface area contributed by atoms with E-state index in [4.69, 9.17) is 5.11 Å². The molecular formula is C13H18N2O2. The average molecular weight is 234 g/mol. The SMILES string of the molecule is O=C(CNC1CC1)NCc1cccc(CO)c1. The molecule has 0 heterocycles. The van der Waals surface area contributed by atoms with Gasteiger partial charge in [-0.1, -0.05) is 24.3 Å². The number of rotatable bonds is 6. The highest BCUT2D eigenvalue weighted by Gasteiger charge is 2.20. The summed E-state index contributed by atoms with van der Waals surface area (Å²) in [5.41, 5.74) is 1.88. The summed E-state index contributed by atoms with van der Waals surface area (Å²) in [6.07, 6.45) is 2.37. The molecule has 4 heteroatoms. The molecule has 0 spiro atoms. The average Bonchev–Trinajstić information content (AvgIpc) is 3.18. The van der Waals surface area contributed by atoms with Crippen LogP contribution in [-0.2, 0) is 17.9 Å². The maximum atomic E-state index is 11.5. The number of carbonyl (C=O) groups excluding carboxylic acids is 1. The van der Waals surface area contributed by atoms with E-state index >= 15 is 0 Å². The first-order valence-electron chi connectivity index (χ1n) is 5.96. The number of amides is 1. The van der Waals surface area contributed by atoms with Gasteiger partial charge in [-0.05, 0) is 24.0 Å². The maximum absolute atomic E-state index is 11.5. The molecule has 1 aromatic carbocycles. The Morgan fingerprint density at radius 3 is 2.82 bits per heavy atom.